The first-order chi connectivity index (χ1) is 19.4. The lowest BCUT2D eigenvalue weighted by Crippen LogP contribution is -2.47. The molecule has 7 rings (SSSR count). The van der Waals surface area contributed by atoms with E-state index in [1.165, 1.54) is 12.8 Å². The summed E-state index contributed by atoms with van der Waals surface area (Å²) in [4.78, 5) is 27.5. The number of aliphatic imine (C=N–C) groups is 1. The minimum atomic E-state index is -0.305. The SMILES string of the molecule is Cc1cc2cc(n1)-c1cnn(C)c1OCCCC(C1CC1)CN1/C(=N/C2=O)Nc2cc(N(C)C3COC3)ccc21. The van der Waals surface area contributed by atoms with Crippen molar-refractivity contribution in [2.75, 3.05) is 48.5 Å². The molecule has 1 unspecified atom stereocenters. The van der Waals surface area contributed by atoms with Gasteiger partial charge in [0.1, 0.15) is 0 Å². The number of carbonyl (C=O) groups is 1. The van der Waals surface area contributed by atoms with Crippen molar-refractivity contribution < 1.29 is 14.3 Å². The number of aromatic nitrogens is 3. The van der Waals surface area contributed by atoms with E-state index in [0.717, 1.165) is 60.9 Å². The van der Waals surface area contributed by atoms with Gasteiger partial charge < -0.3 is 24.6 Å². The third kappa shape index (κ3) is 4.60. The predicted octanol–water partition coefficient (Wildman–Crippen LogP) is 4.25. The van der Waals surface area contributed by atoms with Crippen LogP contribution >= 0.6 is 0 Å². The van der Waals surface area contributed by atoms with Gasteiger partial charge in [-0.1, -0.05) is 0 Å². The van der Waals surface area contributed by atoms with Crippen LogP contribution in [0.5, 0.6) is 5.88 Å². The Kier molecular flexibility index (Phi) is 6.22. The van der Waals surface area contributed by atoms with E-state index in [2.05, 4.69) is 50.5 Å². The van der Waals surface area contributed by atoms with Crippen molar-refractivity contribution in [3.63, 3.8) is 0 Å². The smallest absolute Gasteiger partial charge is 0.280 e. The van der Waals surface area contributed by atoms with E-state index in [-0.39, 0.29) is 5.91 Å². The fourth-order valence-electron chi connectivity index (χ4n) is 5.97. The molecule has 1 N–H and O–H groups in total. The van der Waals surface area contributed by atoms with E-state index in [4.69, 9.17) is 14.5 Å². The molecule has 10 heteroatoms. The van der Waals surface area contributed by atoms with Crippen molar-refractivity contribution in [3.8, 4) is 17.1 Å². The Bertz CT molecular complexity index is 1490. The van der Waals surface area contributed by atoms with E-state index in [1.807, 2.05) is 14.0 Å². The molecule has 1 aromatic carbocycles. The van der Waals surface area contributed by atoms with Crippen molar-refractivity contribution in [3.05, 3.63) is 47.8 Å². The van der Waals surface area contributed by atoms with Crippen LogP contribution in [0, 0.1) is 18.8 Å². The van der Waals surface area contributed by atoms with Crippen LogP contribution < -0.4 is 19.9 Å². The van der Waals surface area contributed by atoms with E-state index < -0.39 is 0 Å². The molecule has 2 fully saturated rings. The Morgan fingerprint density at radius 2 is 1.95 bits per heavy atom. The van der Waals surface area contributed by atoms with Crippen molar-refractivity contribution >= 4 is 28.9 Å². The molecule has 2 aromatic heterocycles. The largest absolute Gasteiger partial charge is 0.477 e. The maximum Gasteiger partial charge on any atom is 0.280 e. The molecule has 3 aromatic rings. The van der Waals surface area contributed by atoms with Crippen molar-refractivity contribution in [2.24, 2.45) is 23.9 Å². The number of benzene rings is 1. The molecule has 1 atom stereocenters. The van der Waals surface area contributed by atoms with Gasteiger partial charge in [0.15, 0.2) is 0 Å². The molecule has 1 saturated carbocycles. The number of guanidine groups is 1. The third-order valence-electron chi connectivity index (χ3n) is 8.58. The zero-order valence-electron chi connectivity index (χ0n) is 23.3. The number of ether oxygens (including phenoxy) is 2. The summed E-state index contributed by atoms with van der Waals surface area (Å²) in [5.41, 5.74) is 5.81. The number of aryl methyl sites for hydroxylation is 2. The molecule has 208 valence electrons. The highest BCUT2D eigenvalue weighted by Gasteiger charge is 2.36. The van der Waals surface area contributed by atoms with Gasteiger partial charge in [-0.3, -0.25) is 9.78 Å². The van der Waals surface area contributed by atoms with Gasteiger partial charge in [0, 0.05) is 37.6 Å². The maximum absolute atomic E-state index is 13.7. The van der Waals surface area contributed by atoms with E-state index in [9.17, 15) is 4.79 Å². The molecule has 40 heavy (non-hydrogen) atoms. The molecular formula is C30H35N7O3. The monoisotopic (exact) mass is 541 g/mol. The molecule has 0 spiro atoms. The van der Waals surface area contributed by atoms with Gasteiger partial charge in [0.05, 0.1) is 54.7 Å². The van der Waals surface area contributed by atoms with Crippen LogP contribution in [0.15, 0.2) is 41.5 Å². The van der Waals surface area contributed by atoms with Crippen LogP contribution in [-0.4, -0.2) is 66.1 Å². The van der Waals surface area contributed by atoms with Gasteiger partial charge in [0.25, 0.3) is 5.91 Å². The first kappa shape index (κ1) is 25.1. The lowest BCUT2D eigenvalue weighted by atomic mass is 9.97. The second kappa shape index (κ2) is 9.92. The number of anilines is 3. The summed E-state index contributed by atoms with van der Waals surface area (Å²) in [5.74, 6) is 2.12. The Morgan fingerprint density at radius 1 is 1.10 bits per heavy atom. The number of nitrogens with one attached hydrogen (secondary N) is 1. The highest BCUT2D eigenvalue weighted by molar-refractivity contribution is 6.19. The van der Waals surface area contributed by atoms with Crippen LogP contribution in [0.25, 0.3) is 11.3 Å². The summed E-state index contributed by atoms with van der Waals surface area (Å²) in [6.45, 7) is 4.79. The Labute approximate surface area is 234 Å². The molecule has 1 aliphatic carbocycles. The van der Waals surface area contributed by atoms with Crippen molar-refractivity contribution in [1.82, 2.24) is 14.8 Å². The third-order valence-corrected chi connectivity index (χ3v) is 8.58. The number of amides is 1. The highest BCUT2D eigenvalue weighted by atomic mass is 16.5. The molecule has 5 heterocycles. The van der Waals surface area contributed by atoms with Crippen LogP contribution in [-0.2, 0) is 11.8 Å². The molecule has 4 aliphatic rings. The molecule has 10 nitrogen and oxygen atoms in total. The zero-order chi connectivity index (χ0) is 27.4. The Balaban J connectivity index is 1.28. The number of rotatable bonds is 3. The van der Waals surface area contributed by atoms with E-state index >= 15 is 0 Å². The second-order valence-corrected chi connectivity index (χ2v) is 11.4. The number of fused-ring (bicyclic) bond motifs is 7. The molecular weight excluding hydrogens is 506 g/mol. The number of hydrogen-bond donors (Lipinski definition) is 1. The van der Waals surface area contributed by atoms with Gasteiger partial charge in [-0.25, -0.2) is 4.68 Å². The number of likely N-dealkylation sites (N-methyl/N-ethyl adjacent to an activating group) is 1. The fraction of sp³-hybridized carbons (Fsp3) is 0.467. The number of nitrogens with zero attached hydrogens (tertiary/aromatic N) is 6. The average molecular weight is 542 g/mol. The molecule has 3 aliphatic heterocycles. The van der Waals surface area contributed by atoms with Gasteiger partial charge in [-0.2, -0.15) is 10.1 Å². The normalized spacial score (nSPS) is 22.4. The summed E-state index contributed by atoms with van der Waals surface area (Å²) in [5, 5.41) is 7.91. The van der Waals surface area contributed by atoms with Crippen LogP contribution in [0.3, 0.4) is 0 Å². The number of hydrogen-bond acceptors (Lipinski definition) is 8. The summed E-state index contributed by atoms with van der Waals surface area (Å²) >= 11 is 0. The van der Waals surface area contributed by atoms with Crippen molar-refractivity contribution in [2.45, 2.75) is 38.6 Å². The summed E-state index contributed by atoms with van der Waals surface area (Å²) in [7, 11) is 3.97. The minimum absolute atomic E-state index is 0.305. The molecule has 1 saturated heterocycles. The molecule has 2 bridgehead atoms. The van der Waals surface area contributed by atoms with Gasteiger partial charge in [-0.05, 0) is 74.8 Å². The lowest BCUT2D eigenvalue weighted by Gasteiger charge is -2.36. The van der Waals surface area contributed by atoms with Crippen LogP contribution in [0.2, 0.25) is 0 Å². The first-order valence-electron chi connectivity index (χ1n) is 14.2. The van der Waals surface area contributed by atoms with E-state index in [1.54, 1.807) is 23.0 Å². The van der Waals surface area contributed by atoms with Gasteiger partial charge in [0.2, 0.25) is 11.8 Å². The summed E-state index contributed by atoms with van der Waals surface area (Å²) < 4.78 is 13.4. The fourth-order valence-corrected chi connectivity index (χ4v) is 5.97. The lowest BCUT2D eigenvalue weighted by molar-refractivity contribution is 0.0101. The highest BCUT2D eigenvalue weighted by Crippen LogP contribution is 2.43. The summed E-state index contributed by atoms with van der Waals surface area (Å²) in [6.07, 6.45) is 6.23. The summed E-state index contributed by atoms with van der Waals surface area (Å²) in [6, 6.07) is 10.4. The second-order valence-electron chi connectivity index (χ2n) is 11.4. The molecule has 1 amide bonds. The van der Waals surface area contributed by atoms with Crippen LogP contribution in [0.1, 0.15) is 41.7 Å². The Morgan fingerprint density at radius 3 is 2.73 bits per heavy atom. The first-order valence-corrected chi connectivity index (χ1v) is 14.2. The number of pyridine rings is 1. The van der Waals surface area contributed by atoms with E-state index in [0.29, 0.717) is 47.6 Å². The topological polar surface area (TPSA) is 97.1 Å². The minimum Gasteiger partial charge on any atom is -0.477 e. The van der Waals surface area contributed by atoms with Crippen LogP contribution in [0.4, 0.5) is 17.1 Å². The van der Waals surface area contributed by atoms with Crippen molar-refractivity contribution in [1.29, 1.82) is 0 Å². The molecule has 0 radical (unpaired) electrons. The van der Waals surface area contributed by atoms with Gasteiger partial charge >= 0.3 is 0 Å². The predicted molar refractivity (Wildman–Crippen MR) is 154 cm³/mol. The zero-order valence-corrected chi connectivity index (χ0v) is 23.3. The Hall–Kier alpha value is -3.92. The number of carbonyl (C=O) groups excluding carboxylic acids is 1. The maximum atomic E-state index is 13.7. The standard InChI is InChI=1S/C30H35N7O3/c1-18-11-21-12-25(32-18)24-14-31-36(3)29(24)40-10-4-5-20(19-6-7-19)15-37-27-9-8-22(35(2)23-16-39-17-23)13-26(27)33-30(37)34-28(21)38/h8-9,11-14,19-20,23H,4-7,10,15-17H2,1-3H3,(H,33,34,38). The average Bonchev–Trinajstić information content (AvgIpc) is 3.61. The van der Waals surface area contributed by atoms with Gasteiger partial charge in [-0.15, -0.1) is 0 Å². The quantitative estimate of drug-likeness (QED) is 0.526.